The molecule has 0 aliphatic carbocycles. The van der Waals surface area contributed by atoms with Crippen LogP contribution in [0.25, 0.3) is 0 Å². The molecule has 0 aliphatic heterocycles. The maximum Gasteiger partial charge on any atom is 0.311 e. The van der Waals surface area contributed by atoms with E-state index in [1.807, 2.05) is 0 Å². The summed E-state index contributed by atoms with van der Waals surface area (Å²) in [6.07, 6.45) is 0.220. The molecule has 0 spiro atoms. The lowest BCUT2D eigenvalue weighted by Gasteiger charge is -2.13. The van der Waals surface area contributed by atoms with E-state index in [9.17, 15) is 14.3 Å². The maximum absolute atomic E-state index is 13.7. The summed E-state index contributed by atoms with van der Waals surface area (Å²) in [4.78, 5) is 11.5. The fourth-order valence-corrected chi connectivity index (χ4v) is 2.38. The minimum Gasteiger partial charge on any atom is -0.494 e. The van der Waals surface area contributed by atoms with Gasteiger partial charge in [0.2, 0.25) is 0 Å². The third-order valence-corrected chi connectivity index (χ3v) is 3.76. The number of methoxy groups -OCH3 is 1. The van der Waals surface area contributed by atoms with Crippen LogP contribution in [0.3, 0.4) is 0 Å². The van der Waals surface area contributed by atoms with Gasteiger partial charge in [-0.2, -0.15) is 0 Å². The third kappa shape index (κ3) is 3.82. The fraction of sp³-hybridized carbons (Fsp3) is 0.188. The molecule has 2 rings (SSSR count). The van der Waals surface area contributed by atoms with Crippen molar-refractivity contribution in [2.45, 2.75) is 12.3 Å². The van der Waals surface area contributed by atoms with E-state index in [1.54, 1.807) is 30.3 Å². The normalized spacial score (nSPS) is 12.0. The number of aliphatic carboxylic acids is 1. The van der Waals surface area contributed by atoms with Gasteiger partial charge in [0.25, 0.3) is 0 Å². The number of carboxylic acid groups (broad SMARTS) is 1. The third-order valence-electron chi connectivity index (χ3n) is 3.23. The molecule has 0 saturated carbocycles. The molecule has 110 valence electrons. The minimum atomic E-state index is -0.937. The van der Waals surface area contributed by atoms with Crippen LogP contribution in [-0.2, 0) is 11.2 Å². The Morgan fingerprint density at radius 3 is 2.48 bits per heavy atom. The second-order valence-electron chi connectivity index (χ2n) is 4.62. The van der Waals surface area contributed by atoms with E-state index in [-0.39, 0.29) is 12.2 Å². The van der Waals surface area contributed by atoms with Crippen LogP contribution in [0.15, 0.2) is 46.9 Å². The van der Waals surface area contributed by atoms with Gasteiger partial charge >= 0.3 is 5.97 Å². The van der Waals surface area contributed by atoms with Gasteiger partial charge in [0, 0.05) is 4.47 Å². The summed E-state index contributed by atoms with van der Waals surface area (Å²) in [5.41, 5.74) is 1.30. The van der Waals surface area contributed by atoms with E-state index in [0.717, 1.165) is 4.47 Å². The predicted molar refractivity (Wildman–Crippen MR) is 81.2 cm³/mol. The largest absolute Gasteiger partial charge is 0.494 e. The van der Waals surface area contributed by atoms with Crippen molar-refractivity contribution < 1.29 is 19.0 Å². The first kappa shape index (κ1) is 15.5. The number of carboxylic acids is 1. The SMILES string of the molecule is COc1ccc(CC(C(=O)O)c2ccc(Br)cc2)cc1F. The lowest BCUT2D eigenvalue weighted by Crippen LogP contribution is -2.14. The Morgan fingerprint density at radius 1 is 1.29 bits per heavy atom. The van der Waals surface area contributed by atoms with Gasteiger partial charge in [-0.3, -0.25) is 4.79 Å². The minimum absolute atomic E-state index is 0.147. The van der Waals surface area contributed by atoms with Gasteiger partial charge in [0.1, 0.15) is 0 Å². The summed E-state index contributed by atoms with van der Waals surface area (Å²) < 4.78 is 19.4. The smallest absolute Gasteiger partial charge is 0.311 e. The molecular formula is C16H14BrFO3. The molecule has 0 amide bonds. The summed E-state index contributed by atoms with van der Waals surface area (Å²) in [7, 11) is 1.39. The van der Waals surface area contributed by atoms with Crippen LogP contribution < -0.4 is 4.74 Å². The maximum atomic E-state index is 13.7. The Labute approximate surface area is 130 Å². The van der Waals surface area contributed by atoms with Crippen molar-refractivity contribution in [2.75, 3.05) is 7.11 Å². The van der Waals surface area contributed by atoms with E-state index in [2.05, 4.69) is 15.9 Å². The van der Waals surface area contributed by atoms with Crippen LogP contribution in [0.1, 0.15) is 17.0 Å². The van der Waals surface area contributed by atoms with Gasteiger partial charge in [-0.25, -0.2) is 4.39 Å². The first-order chi connectivity index (χ1) is 10.0. The van der Waals surface area contributed by atoms with Crippen molar-refractivity contribution in [3.8, 4) is 5.75 Å². The predicted octanol–water partition coefficient (Wildman–Crippen LogP) is 4.01. The second-order valence-corrected chi connectivity index (χ2v) is 5.53. The molecule has 5 heteroatoms. The fourth-order valence-electron chi connectivity index (χ4n) is 2.12. The summed E-state index contributed by atoms with van der Waals surface area (Å²) in [6, 6.07) is 11.6. The van der Waals surface area contributed by atoms with Gasteiger partial charge in [0.15, 0.2) is 11.6 Å². The van der Waals surface area contributed by atoms with Gasteiger partial charge in [-0.1, -0.05) is 34.1 Å². The van der Waals surface area contributed by atoms with Crippen LogP contribution in [0.2, 0.25) is 0 Å². The van der Waals surface area contributed by atoms with Crippen LogP contribution in [0, 0.1) is 5.82 Å². The average molecular weight is 353 g/mol. The summed E-state index contributed by atoms with van der Waals surface area (Å²) >= 11 is 3.31. The number of halogens is 2. The summed E-state index contributed by atoms with van der Waals surface area (Å²) in [5.74, 6) is -2.00. The monoisotopic (exact) mass is 352 g/mol. The van der Waals surface area contributed by atoms with E-state index in [0.29, 0.717) is 11.1 Å². The highest BCUT2D eigenvalue weighted by Crippen LogP contribution is 2.25. The zero-order valence-electron chi connectivity index (χ0n) is 11.3. The molecular weight excluding hydrogens is 339 g/mol. The zero-order chi connectivity index (χ0) is 15.4. The van der Waals surface area contributed by atoms with Crippen LogP contribution in [-0.4, -0.2) is 18.2 Å². The van der Waals surface area contributed by atoms with Crippen molar-refractivity contribution in [1.29, 1.82) is 0 Å². The van der Waals surface area contributed by atoms with Gasteiger partial charge in [-0.15, -0.1) is 0 Å². The van der Waals surface area contributed by atoms with Gasteiger partial charge < -0.3 is 9.84 Å². The Kier molecular flexibility index (Phi) is 4.96. The molecule has 1 N–H and O–H groups in total. The second kappa shape index (κ2) is 6.72. The van der Waals surface area contributed by atoms with E-state index in [1.165, 1.54) is 19.2 Å². The van der Waals surface area contributed by atoms with Gasteiger partial charge in [0.05, 0.1) is 13.0 Å². The first-order valence-electron chi connectivity index (χ1n) is 6.32. The summed E-state index contributed by atoms with van der Waals surface area (Å²) in [5, 5.41) is 9.40. The number of carbonyl (C=O) groups is 1. The molecule has 0 aliphatic rings. The van der Waals surface area contributed by atoms with Crippen LogP contribution in [0.4, 0.5) is 4.39 Å². The molecule has 21 heavy (non-hydrogen) atoms. The lowest BCUT2D eigenvalue weighted by atomic mass is 9.92. The number of rotatable bonds is 5. The standard InChI is InChI=1S/C16H14BrFO3/c1-21-15-7-2-10(9-14(15)18)8-13(16(19)20)11-3-5-12(17)6-4-11/h2-7,9,13H,8H2,1H3,(H,19,20). The molecule has 2 aromatic carbocycles. The van der Waals surface area contributed by atoms with E-state index < -0.39 is 17.7 Å². The van der Waals surface area contributed by atoms with Gasteiger partial charge in [-0.05, 0) is 41.8 Å². The molecule has 2 aromatic rings. The Morgan fingerprint density at radius 2 is 1.95 bits per heavy atom. The number of hydrogen-bond acceptors (Lipinski definition) is 2. The Bertz CT molecular complexity index is 640. The number of benzene rings is 2. The van der Waals surface area contributed by atoms with Crippen molar-refractivity contribution in [3.63, 3.8) is 0 Å². The van der Waals surface area contributed by atoms with Crippen molar-refractivity contribution in [1.82, 2.24) is 0 Å². The molecule has 0 fully saturated rings. The van der Waals surface area contributed by atoms with E-state index >= 15 is 0 Å². The molecule has 0 heterocycles. The van der Waals surface area contributed by atoms with E-state index in [4.69, 9.17) is 4.74 Å². The molecule has 3 nitrogen and oxygen atoms in total. The topological polar surface area (TPSA) is 46.5 Å². The number of ether oxygens (including phenoxy) is 1. The molecule has 1 atom stereocenters. The first-order valence-corrected chi connectivity index (χ1v) is 7.11. The average Bonchev–Trinajstić information content (AvgIpc) is 2.46. The highest BCUT2D eigenvalue weighted by molar-refractivity contribution is 9.10. The van der Waals surface area contributed by atoms with Crippen molar-refractivity contribution >= 4 is 21.9 Å². The summed E-state index contributed by atoms with van der Waals surface area (Å²) in [6.45, 7) is 0. The molecule has 0 aromatic heterocycles. The van der Waals surface area contributed by atoms with Crippen molar-refractivity contribution in [2.24, 2.45) is 0 Å². The lowest BCUT2D eigenvalue weighted by molar-refractivity contribution is -0.138. The Balaban J connectivity index is 2.26. The Hall–Kier alpha value is -1.88. The zero-order valence-corrected chi connectivity index (χ0v) is 12.9. The number of hydrogen-bond donors (Lipinski definition) is 1. The van der Waals surface area contributed by atoms with Crippen LogP contribution >= 0.6 is 15.9 Å². The van der Waals surface area contributed by atoms with Crippen LogP contribution in [0.5, 0.6) is 5.75 Å². The van der Waals surface area contributed by atoms with Crippen molar-refractivity contribution in [3.05, 3.63) is 63.9 Å². The highest BCUT2D eigenvalue weighted by atomic mass is 79.9. The molecule has 1 unspecified atom stereocenters. The molecule has 0 radical (unpaired) electrons. The molecule has 0 bridgehead atoms. The molecule has 0 saturated heterocycles. The highest BCUT2D eigenvalue weighted by Gasteiger charge is 2.21. The quantitative estimate of drug-likeness (QED) is 0.884.